The lowest BCUT2D eigenvalue weighted by Crippen LogP contribution is -2.48. The first-order chi connectivity index (χ1) is 14.5. The number of hydrogen-bond donors (Lipinski definition) is 1. The van der Waals surface area contributed by atoms with Crippen molar-refractivity contribution in [2.45, 2.75) is 25.2 Å². The van der Waals surface area contributed by atoms with Crippen molar-refractivity contribution in [2.24, 2.45) is 0 Å². The summed E-state index contributed by atoms with van der Waals surface area (Å²) in [5.41, 5.74) is 3.69. The van der Waals surface area contributed by atoms with Crippen LogP contribution < -0.4 is 4.90 Å². The second-order valence-corrected chi connectivity index (χ2v) is 7.69. The molecule has 0 atom stereocenters. The number of nitrogens with zero attached hydrogens (tertiary/aromatic N) is 3. The van der Waals surface area contributed by atoms with Gasteiger partial charge in [0.1, 0.15) is 5.75 Å². The highest BCUT2D eigenvalue weighted by Crippen LogP contribution is 2.40. The molecule has 1 aliphatic rings. The molecule has 1 N–H and O–H groups in total. The number of esters is 1. The van der Waals surface area contributed by atoms with Crippen LogP contribution in [-0.4, -0.2) is 41.5 Å². The number of carbonyl (C=O) groups is 1. The molecule has 1 fully saturated rings. The van der Waals surface area contributed by atoms with E-state index in [1.54, 1.807) is 18.3 Å². The number of phenolic OH excluding ortho intramolecular Hbond substituents is 1. The molecule has 0 amide bonds. The van der Waals surface area contributed by atoms with Crippen LogP contribution in [0.3, 0.4) is 0 Å². The Balaban J connectivity index is 1.61. The van der Waals surface area contributed by atoms with Crippen LogP contribution in [0.4, 0.5) is 5.69 Å². The molecular formula is C24H25N3O3. The Bertz CT molecular complexity index is 1060. The second-order valence-electron chi connectivity index (χ2n) is 7.69. The van der Waals surface area contributed by atoms with E-state index >= 15 is 0 Å². The average Bonchev–Trinajstić information content (AvgIpc) is 2.79. The van der Waals surface area contributed by atoms with E-state index in [4.69, 9.17) is 4.74 Å². The maximum absolute atomic E-state index is 12.9. The quantitative estimate of drug-likeness (QED) is 0.667. The number of ether oxygens (including phenoxy) is 1. The number of para-hydroxylation sites is 1. The number of aromatic hydroxyl groups is 1. The summed E-state index contributed by atoms with van der Waals surface area (Å²) in [6.45, 7) is 3.42. The number of carbonyl (C=O) groups excluding carboxylic acids is 1. The molecule has 0 aliphatic carbocycles. The Morgan fingerprint density at radius 3 is 2.50 bits per heavy atom. The maximum Gasteiger partial charge on any atom is 0.316 e. The molecule has 30 heavy (non-hydrogen) atoms. The van der Waals surface area contributed by atoms with Gasteiger partial charge in [0.25, 0.3) is 0 Å². The molecule has 0 radical (unpaired) electrons. The zero-order valence-electron chi connectivity index (χ0n) is 17.2. The van der Waals surface area contributed by atoms with E-state index in [2.05, 4.69) is 15.1 Å². The van der Waals surface area contributed by atoms with Gasteiger partial charge in [0, 0.05) is 18.7 Å². The number of rotatable bonds is 4. The lowest BCUT2D eigenvalue weighted by molar-refractivity contribution is -0.148. The number of aryl methyl sites for hydroxylation is 1. The summed E-state index contributed by atoms with van der Waals surface area (Å²) >= 11 is 0. The predicted molar refractivity (Wildman–Crippen MR) is 115 cm³/mol. The van der Waals surface area contributed by atoms with Crippen LogP contribution in [-0.2, 0) is 14.9 Å². The molecule has 3 aromatic rings. The van der Waals surface area contributed by atoms with Gasteiger partial charge >= 0.3 is 5.97 Å². The van der Waals surface area contributed by atoms with Crippen molar-refractivity contribution in [3.05, 3.63) is 71.9 Å². The van der Waals surface area contributed by atoms with Crippen molar-refractivity contribution in [3.8, 4) is 17.0 Å². The van der Waals surface area contributed by atoms with E-state index in [9.17, 15) is 9.90 Å². The van der Waals surface area contributed by atoms with E-state index in [0.29, 0.717) is 37.2 Å². The summed E-state index contributed by atoms with van der Waals surface area (Å²) in [5, 5.41) is 18.5. The van der Waals surface area contributed by atoms with Gasteiger partial charge in [-0.3, -0.25) is 4.79 Å². The van der Waals surface area contributed by atoms with Gasteiger partial charge in [-0.05, 0) is 49.1 Å². The Morgan fingerprint density at radius 1 is 1.10 bits per heavy atom. The molecule has 0 saturated carbocycles. The van der Waals surface area contributed by atoms with Gasteiger partial charge in [-0.15, -0.1) is 0 Å². The van der Waals surface area contributed by atoms with Gasteiger partial charge in [-0.2, -0.15) is 10.2 Å². The molecule has 0 unspecified atom stereocenters. The Morgan fingerprint density at radius 2 is 1.80 bits per heavy atom. The van der Waals surface area contributed by atoms with Gasteiger partial charge < -0.3 is 14.7 Å². The number of aromatic nitrogens is 2. The van der Waals surface area contributed by atoms with Crippen molar-refractivity contribution in [2.75, 3.05) is 25.1 Å². The van der Waals surface area contributed by atoms with E-state index in [-0.39, 0.29) is 11.7 Å². The largest absolute Gasteiger partial charge is 0.507 e. The summed E-state index contributed by atoms with van der Waals surface area (Å²) in [5.74, 6) is -0.00828. The number of benzene rings is 2. The fourth-order valence-electron chi connectivity index (χ4n) is 4.39. The van der Waals surface area contributed by atoms with Crippen LogP contribution in [0, 0.1) is 6.92 Å². The molecule has 4 rings (SSSR count). The first kappa shape index (κ1) is 19.9. The van der Waals surface area contributed by atoms with Crippen LogP contribution in [0.2, 0.25) is 0 Å². The van der Waals surface area contributed by atoms with Crippen LogP contribution in [0.1, 0.15) is 24.0 Å². The second kappa shape index (κ2) is 8.14. The Labute approximate surface area is 176 Å². The lowest BCUT2D eigenvalue weighted by Gasteiger charge is -2.41. The monoisotopic (exact) mass is 403 g/mol. The Hall–Kier alpha value is -3.41. The minimum absolute atomic E-state index is 0.173. The molecule has 0 bridgehead atoms. The smallest absolute Gasteiger partial charge is 0.316 e. The van der Waals surface area contributed by atoms with Crippen LogP contribution in [0.5, 0.6) is 5.75 Å². The summed E-state index contributed by atoms with van der Waals surface area (Å²) in [6.07, 6.45) is 3.03. The highest BCUT2D eigenvalue weighted by atomic mass is 16.5. The molecule has 2 heterocycles. The van der Waals surface area contributed by atoms with Crippen LogP contribution >= 0.6 is 0 Å². The molecule has 6 nitrogen and oxygen atoms in total. The summed E-state index contributed by atoms with van der Waals surface area (Å²) in [7, 11) is 1.46. The number of piperidine rings is 1. The molecule has 6 heteroatoms. The highest BCUT2D eigenvalue weighted by Gasteiger charge is 2.44. The maximum atomic E-state index is 12.9. The zero-order valence-corrected chi connectivity index (χ0v) is 17.2. The van der Waals surface area contributed by atoms with Crippen molar-refractivity contribution < 1.29 is 14.6 Å². The Kier molecular flexibility index (Phi) is 5.40. The molecule has 1 aromatic heterocycles. The normalized spacial score (nSPS) is 15.6. The molecule has 1 saturated heterocycles. The molecule has 2 aromatic carbocycles. The number of phenols is 1. The van der Waals surface area contributed by atoms with E-state index in [1.807, 2.05) is 49.4 Å². The van der Waals surface area contributed by atoms with E-state index in [1.165, 1.54) is 7.11 Å². The minimum Gasteiger partial charge on any atom is -0.507 e. The van der Waals surface area contributed by atoms with Gasteiger partial charge in [0.15, 0.2) is 0 Å². The third-order valence-corrected chi connectivity index (χ3v) is 6.04. The third-order valence-electron chi connectivity index (χ3n) is 6.04. The van der Waals surface area contributed by atoms with Gasteiger partial charge in [-0.1, -0.05) is 36.4 Å². The van der Waals surface area contributed by atoms with Crippen molar-refractivity contribution in [1.29, 1.82) is 0 Å². The van der Waals surface area contributed by atoms with E-state index in [0.717, 1.165) is 16.8 Å². The van der Waals surface area contributed by atoms with Crippen molar-refractivity contribution >= 4 is 11.7 Å². The third kappa shape index (κ3) is 3.49. The molecule has 0 spiro atoms. The number of methoxy groups -OCH3 is 1. The van der Waals surface area contributed by atoms with Gasteiger partial charge in [-0.25, -0.2) is 0 Å². The standard InChI is InChI=1S/C24H25N3O3/c1-17-7-3-5-9-20(17)24(23(29)30-2)11-13-27(14-12-24)18-15-21(26-25-16-18)19-8-4-6-10-22(19)28/h3-10,15-16,28H,11-14H2,1-2H3. The van der Waals surface area contributed by atoms with Gasteiger partial charge in [0.2, 0.25) is 0 Å². The number of anilines is 1. The minimum atomic E-state index is -0.641. The fraction of sp³-hybridized carbons (Fsp3) is 0.292. The van der Waals surface area contributed by atoms with Crippen LogP contribution in [0.25, 0.3) is 11.3 Å². The lowest BCUT2D eigenvalue weighted by atomic mass is 9.71. The average molecular weight is 403 g/mol. The van der Waals surface area contributed by atoms with E-state index < -0.39 is 5.41 Å². The molecule has 1 aliphatic heterocycles. The first-order valence-electron chi connectivity index (χ1n) is 10.1. The van der Waals surface area contributed by atoms with Crippen molar-refractivity contribution in [3.63, 3.8) is 0 Å². The fourth-order valence-corrected chi connectivity index (χ4v) is 4.39. The highest BCUT2D eigenvalue weighted by molar-refractivity contribution is 5.84. The summed E-state index contributed by atoms with van der Waals surface area (Å²) < 4.78 is 5.23. The molecular weight excluding hydrogens is 378 g/mol. The van der Waals surface area contributed by atoms with Crippen molar-refractivity contribution in [1.82, 2.24) is 10.2 Å². The van der Waals surface area contributed by atoms with Gasteiger partial charge in [0.05, 0.1) is 30.1 Å². The first-order valence-corrected chi connectivity index (χ1v) is 10.1. The molecule has 154 valence electrons. The summed E-state index contributed by atoms with van der Waals surface area (Å²) in [4.78, 5) is 15.1. The topological polar surface area (TPSA) is 75.5 Å². The summed E-state index contributed by atoms with van der Waals surface area (Å²) in [6, 6.07) is 17.1. The SMILES string of the molecule is COC(=O)C1(c2ccccc2C)CCN(c2cnnc(-c3ccccc3O)c2)CC1. The predicted octanol–water partition coefficient (Wildman–Crippen LogP) is 3.87. The number of hydrogen-bond acceptors (Lipinski definition) is 6. The van der Waals surface area contributed by atoms with Crippen LogP contribution in [0.15, 0.2) is 60.8 Å². The zero-order chi connectivity index (χ0) is 21.1.